The van der Waals surface area contributed by atoms with Crippen LogP contribution < -0.4 is 0 Å². The van der Waals surface area contributed by atoms with Gasteiger partial charge in [0.2, 0.25) is 0 Å². The van der Waals surface area contributed by atoms with Gasteiger partial charge in [-0.3, -0.25) is 0 Å². The van der Waals surface area contributed by atoms with Crippen molar-refractivity contribution < 1.29 is 5.11 Å². The van der Waals surface area contributed by atoms with E-state index >= 15 is 0 Å². The second-order valence-electron chi connectivity index (χ2n) is 6.05. The van der Waals surface area contributed by atoms with Crippen LogP contribution in [0, 0.1) is 11.8 Å². The third-order valence-corrected chi connectivity index (χ3v) is 4.66. The van der Waals surface area contributed by atoms with Gasteiger partial charge in [0, 0.05) is 0 Å². The zero-order chi connectivity index (χ0) is 10.7. The summed E-state index contributed by atoms with van der Waals surface area (Å²) in [5.74, 6) is 1.41. The second-order valence-corrected chi connectivity index (χ2v) is 6.05. The maximum Gasteiger partial charge on any atom is 0.0650 e. The summed E-state index contributed by atoms with van der Waals surface area (Å²) in [5.41, 5.74) is -0.366. The maximum atomic E-state index is 10.6. The van der Waals surface area contributed by atoms with Gasteiger partial charge < -0.3 is 5.11 Å². The van der Waals surface area contributed by atoms with Gasteiger partial charge in [-0.1, -0.05) is 44.9 Å². The summed E-state index contributed by atoms with van der Waals surface area (Å²) in [6, 6.07) is 0. The Morgan fingerprint density at radius 3 is 2.07 bits per heavy atom. The first-order chi connectivity index (χ1) is 7.18. The normalized spacial score (nSPS) is 29.2. The first-order valence-electron chi connectivity index (χ1n) is 6.91. The van der Waals surface area contributed by atoms with Gasteiger partial charge >= 0.3 is 0 Å². The Bertz CT molecular complexity index is 186. The lowest BCUT2D eigenvalue weighted by atomic mass is 9.74. The molecule has 2 saturated carbocycles. The number of hydrogen-bond donors (Lipinski definition) is 1. The third-order valence-electron chi connectivity index (χ3n) is 4.66. The van der Waals surface area contributed by atoms with Crippen molar-refractivity contribution in [3.8, 4) is 0 Å². The minimum atomic E-state index is -0.366. The predicted molar refractivity (Wildman–Crippen MR) is 63.8 cm³/mol. The summed E-state index contributed by atoms with van der Waals surface area (Å²) in [6.45, 7) is 2.10. The van der Waals surface area contributed by atoms with Crippen LogP contribution in [0.25, 0.3) is 0 Å². The highest BCUT2D eigenvalue weighted by Gasteiger charge is 2.35. The molecule has 88 valence electrons. The van der Waals surface area contributed by atoms with Crippen LogP contribution in [-0.2, 0) is 0 Å². The SMILES string of the molecule is CC(O)(CC1CCCC1)C1CCCCC1. The van der Waals surface area contributed by atoms with Crippen molar-refractivity contribution in [2.45, 2.75) is 76.7 Å². The average molecular weight is 210 g/mol. The van der Waals surface area contributed by atoms with E-state index in [2.05, 4.69) is 6.92 Å². The first kappa shape index (κ1) is 11.4. The highest BCUT2D eigenvalue weighted by molar-refractivity contribution is 4.87. The molecular formula is C14H26O. The van der Waals surface area contributed by atoms with E-state index in [1.165, 1.54) is 57.8 Å². The molecule has 0 heterocycles. The molecule has 1 unspecified atom stereocenters. The Labute approximate surface area is 94.3 Å². The lowest BCUT2D eigenvalue weighted by Gasteiger charge is -2.37. The molecule has 15 heavy (non-hydrogen) atoms. The Morgan fingerprint density at radius 1 is 0.933 bits per heavy atom. The van der Waals surface area contributed by atoms with Crippen LogP contribution in [0.1, 0.15) is 71.1 Å². The fraction of sp³-hybridized carbons (Fsp3) is 1.00. The smallest absolute Gasteiger partial charge is 0.0650 e. The Morgan fingerprint density at radius 2 is 1.47 bits per heavy atom. The fourth-order valence-corrected chi connectivity index (χ4v) is 3.69. The lowest BCUT2D eigenvalue weighted by Crippen LogP contribution is -2.37. The molecule has 1 nitrogen and oxygen atoms in total. The van der Waals surface area contributed by atoms with Gasteiger partial charge in [-0.15, -0.1) is 0 Å². The molecule has 0 bridgehead atoms. The standard InChI is InChI=1S/C14H26O/c1-14(15,11-12-7-5-6-8-12)13-9-3-2-4-10-13/h12-13,15H,2-11H2,1H3. The van der Waals surface area contributed by atoms with Crippen molar-refractivity contribution >= 4 is 0 Å². The van der Waals surface area contributed by atoms with Gasteiger partial charge in [-0.2, -0.15) is 0 Å². The molecule has 0 aliphatic heterocycles. The summed E-state index contributed by atoms with van der Waals surface area (Å²) in [6.07, 6.45) is 13.2. The van der Waals surface area contributed by atoms with Gasteiger partial charge in [0.1, 0.15) is 0 Å². The molecular weight excluding hydrogens is 184 g/mol. The van der Waals surface area contributed by atoms with E-state index in [1.54, 1.807) is 0 Å². The molecule has 2 rings (SSSR count). The number of rotatable bonds is 3. The summed E-state index contributed by atoms with van der Waals surface area (Å²) < 4.78 is 0. The first-order valence-corrected chi connectivity index (χ1v) is 6.91. The van der Waals surface area contributed by atoms with Gasteiger partial charge in [0.25, 0.3) is 0 Å². The quantitative estimate of drug-likeness (QED) is 0.749. The van der Waals surface area contributed by atoms with Crippen molar-refractivity contribution in [3.05, 3.63) is 0 Å². The van der Waals surface area contributed by atoms with Crippen molar-refractivity contribution in [3.63, 3.8) is 0 Å². The van der Waals surface area contributed by atoms with Crippen LogP contribution in [0.3, 0.4) is 0 Å². The monoisotopic (exact) mass is 210 g/mol. The minimum Gasteiger partial charge on any atom is -0.390 e. The van der Waals surface area contributed by atoms with Gasteiger partial charge in [0.15, 0.2) is 0 Å². The van der Waals surface area contributed by atoms with E-state index < -0.39 is 0 Å². The summed E-state index contributed by atoms with van der Waals surface area (Å²) in [7, 11) is 0. The van der Waals surface area contributed by atoms with Gasteiger partial charge in [-0.05, 0) is 38.0 Å². The van der Waals surface area contributed by atoms with Gasteiger partial charge in [0.05, 0.1) is 5.60 Å². The van der Waals surface area contributed by atoms with Crippen molar-refractivity contribution in [2.75, 3.05) is 0 Å². The predicted octanol–water partition coefficient (Wildman–Crippen LogP) is 3.90. The summed E-state index contributed by atoms with van der Waals surface area (Å²) >= 11 is 0. The molecule has 0 radical (unpaired) electrons. The Balaban J connectivity index is 1.86. The van der Waals surface area contributed by atoms with E-state index in [1.807, 2.05) is 0 Å². The molecule has 2 fully saturated rings. The Hall–Kier alpha value is -0.0400. The summed E-state index contributed by atoms with van der Waals surface area (Å²) in [5, 5.41) is 10.6. The summed E-state index contributed by atoms with van der Waals surface area (Å²) in [4.78, 5) is 0. The molecule has 2 aliphatic carbocycles. The van der Waals surface area contributed by atoms with Gasteiger partial charge in [-0.25, -0.2) is 0 Å². The van der Waals surface area contributed by atoms with E-state index in [0.717, 1.165) is 12.3 Å². The van der Waals surface area contributed by atoms with Crippen molar-refractivity contribution in [2.24, 2.45) is 11.8 Å². The Kier molecular flexibility index (Phi) is 3.71. The second kappa shape index (κ2) is 4.86. The molecule has 1 heteroatoms. The number of aliphatic hydroxyl groups is 1. The molecule has 0 aromatic carbocycles. The zero-order valence-electron chi connectivity index (χ0n) is 10.2. The van der Waals surface area contributed by atoms with E-state index in [4.69, 9.17) is 0 Å². The molecule has 0 aromatic rings. The largest absolute Gasteiger partial charge is 0.390 e. The highest BCUT2D eigenvalue weighted by atomic mass is 16.3. The van der Waals surface area contributed by atoms with Crippen LogP contribution in [0.2, 0.25) is 0 Å². The van der Waals surface area contributed by atoms with Crippen LogP contribution in [-0.4, -0.2) is 10.7 Å². The molecule has 0 amide bonds. The molecule has 2 aliphatic rings. The van der Waals surface area contributed by atoms with Crippen LogP contribution in [0.4, 0.5) is 0 Å². The van der Waals surface area contributed by atoms with Crippen molar-refractivity contribution in [1.29, 1.82) is 0 Å². The molecule has 0 spiro atoms. The highest BCUT2D eigenvalue weighted by Crippen LogP contribution is 2.39. The number of hydrogen-bond acceptors (Lipinski definition) is 1. The lowest BCUT2D eigenvalue weighted by molar-refractivity contribution is -0.0353. The van der Waals surface area contributed by atoms with Crippen LogP contribution >= 0.6 is 0 Å². The average Bonchev–Trinajstić information content (AvgIpc) is 2.71. The molecule has 0 aromatic heterocycles. The van der Waals surface area contributed by atoms with Crippen LogP contribution in [0.5, 0.6) is 0 Å². The molecule has 1 atom stereocenters. The van der Waals surface area contributed by atoms with Crippen molar-refractivity contribution in [1.82, 2.24) is 0 Å². The minimum absolute atomic E-state index is 0.366. The van der Waals surface area contributed by atoms with E-state index in [-0.39, 0.29) is 5.60 Å². The third kappa shape index (κ3) is 2.96. The van der Waals surface area contributed by atoms with Crippen LogP contribution in [0.15, 0.2) is 0 Å². The van der Waals surface area contributed by atoms with E-state index in [9.17, 15) is 5.11 Å². The molecule has 1 N–H and O–H groups in total. The maximum absolute atomic E-state index is 10.6. The topological polar surface area (TPSA) is 20.2 Å². The zero-order valence-corrected chi connectivity index (χ0v) is 10.2. The van der Waals surface area contributed by atoms with E-state index in [0.29, 0.717) is 5.92 Å². The molecule has 0 saturated heterocycles. The fourth-order valence-electron chi connectivity index (χ4n) is 3.69.